The molecule has 27 heavy (non-hydrogen) atoms. The zero-order chi connectivity index (χ0) is 19.6. The maximum Gasteiger partial charge on any atom is 0.305 e. The molecule has 4 N–H and O–H groups in total. The molecule has 11 heteroatoms. The van der Waals surface area contributed by atoms with Gasteiger partial charge in [0.05, 0.1) is 13.4 Å². The Morgan fingerprint density at radius 2 is 2.15 bits per heavy atom. The number of aliphatic hydroxyl groups excluding tert-OH is 2. The molecule has 0 radical (unpaired) electrons. The maximum atomic E-state index is 11.7. The van der Waals surface area contributed by atoms with E-state index in [1.807, 2.05) is 6.92 Å². The van der Waals surface area contributed by atoms with E-state index in [1.54, 1.807) is 0 Å². The normalized spacial score (nSPS) is 25.0. The van der Waals surface area contributed by atoms with Gasteiger partial charge in [0.1, 0.15) is 24.9 Å². The van der Waals surface area contributed by atoms with Crippen LogP contribution in [0.4, 0.5) is 5.95 Å². The molecule has 148 valence electrons. The number of ether oxygens (including phenoxy) is 3. The van der Waals surface area contributed by atoms with Crippen LogP contribution in [0.25, 0.3) is 11.2 Å². The van der Waals surface area contributed by atoms with Crippen molar-refractivity contribution in [1.29, 1.82) is 0 Å². The SMILES string of the molecule is CCCCC(=O)OC[C@H]1OC(n2cnc3c(OC)nc(N)nc32)[C@@H](O)[C@@H]1O. The fraction of sp³-hybridized carbons (Fsp3) is 0.625. The number of hydrogen-bond acceptors (Lipinski definition) is 10. The zero-order valence-corrected chi connectivity index (χ0v) is 15.1. The predicted molar refractivity (Wildman–Crippen MR) is 92.7 cm³/mol. The summed E-state index contributed by atoms with van der Waals surface area (Å²) in [5, 5.41) is 20.7. The Balaban J connectivity index is 1.77. The molecule has 0 bridgehead atoms. The first-order valence-corrected chi connectivity index (χ1v) is 8.67. The van der Waals surface area contributed by atoms with Gasteiger partial charge in [0.2, 0.25) is 11.8 Å². The summed E-state index contributed by atoms with van der Waals surface area (Å²) in [7, 11) is 1.42. The van der Waals surface area contributed by atoms with Crippen molar-refractivity contribution in [2.45, 2.75) is 50.7 Å². The highest BCUT2D eigenvalue weighted by atomic mass is 16.6. The van der Waals surface area contributed by atoms with Crippen LogP contribution in [-0.2, 0) is 14.3 Å². The lowest BCUT2D eigenvalue weighted by Crippen LogP contribution is -2.34. The van der Waals surface area contributed by atoms with Crippen molar-refractivity contribution in [2.75, 3.05) is 19.5 Å². The van der Waals surface area contributed by atoms with Crippen molar-refractivity contribution in [1.82, 2.24) is 19.5 Å². The quantitative estimate of drug-likeness (QED) is 0.548. The topological polar surface area (TPSA) is 155 Å². The van der Waals surface area contributed by atoms with Gasteiger partial charge in [-0.25, -0.2) is 4.98 Å². The summed E-state index contributed by atoms with van der Waals surface area (Å²) in [6.45, 7) is 1.81. The number of unbranched alkanes of at least 4 members (excludes halogenated alkanes) is 1. The molecule has 0 aliphatic carbocycles. The number of rotatable bonds is 7. The van der Waals surface area contributed by atoms with Crippen molar-refractivity contribution in [3.05, 3.63) is 6.33 Å². The van der Waals surface area contributed by atoms with Gasteiger partial charge in [0.25, 0.3) is 0 Å². The van der Waals surface area contributed by atoms with E-state index in [0.717, 1.165) is 12.8 Å². The maximum absolute atomic E-state index is 11.7. The van der Waals surface area contributed by atoms with Gasteiger partial charge in [0.15, 0.2) is 17.4 Å². The molecule has 3 heterocycles. The molecule has 11 nitrogen and oxygen atoms in total. The largest absolute Gasteiger partial charge is 0.479 e. The Morgan fingerprint density at radius 1 is 1.37 bits per heavy atom. The number of imidazole rings is 1. The number of aromatic nitrogens is 4. The number of carbonyl (C=O) groups excluding carboxylic acids is 1. The second-order valence-corrected chi connectivity index (χ2v) is 6.25. The molecular formula is C16H23N5O6. The molecular weight excluding hydrogens is 358 g/mol. The Bertz CT molecular complexity index is 812. The molecule has 0 aromatic carbocycles. The lowest BCUT2D eigenvalue weighted by molar-refractivity contribution is -0.150. The van der Waals surface area contributed by atoms with Gasteiger partial charge in [-0.1, -0.05) is 13.3 Å². The van der Waals surface area contributed by atoms with Crippen LogP contribution in [0.3, 0.4) is 0 Å². The van der Waals surface area contributed by atoms with Crippen LogP contribution in [0.1, 0.15) is 32.4 Å². The average molecular weight is 381 g/mol. The van der Waals surface area contributed by atoms with Crippen LogP contribution in [0, 0.1) is 0 Å². The Kier molecular flexibility index (Phi) is 5.73. The van der Waals surface area contributed by atoms with Crippen LogP contribution >= 0.6 is 0 Å². The van der Waals surface area contributed by atoms with Crippen molar-refractivity contribution < 1.29 is 29.2 Å². The lowest BCUT2D eigenvalue weighted by atomic mass is 10.1. The highest BCUT2D eigenvalue weighted by Crippen LogP contribution is 2.33. The summed E-state index contributed by atoms with van der Waals surface area (Å²) in [5.41, 5.74) is 6.31. The van der Waals surface area contributed by atoms with Crippen LogP contribution in [0.15, 0.2) is 6.33 Å². The van der Waals surface area contributed by atoms with Crippen LogP contribution < -0.4 is 10.5 Å². The summed E-state index contributed by atoms with van der Waals surface area (Å²) in [6.07, 6.45) is -1.10. The fourth-order valence-electron chi connectivity index (χ4n) is 2.90. The molecule has 1 unspecified atom stereocenters. The van der Waals surface area contributed by atoms with Crippen LogP contribution in [-0.4, -0.2) is 67.7 Å². The molecule has 2 aromatic heterocycles. The van der Waals surface area contributed by atoms with E-state index in [2.05, 4.69) is 15.0 Å². The first-order valence-electron chi connectivity index (χ1n) is 8.67. The number of methoxy groups -OCH3 is 1. The second-order valence-electron chi connectivity index (χ2n) is 6.25. The zero-order valence-electron chi connectivity index (χ0n) is 15.1. The highest BCUT2D eigenvalue weighted by molar-refractivity contribution is 5.77. The van der Waals surface area contributed by atoms with E-state index >= 15 is 0 Å². The monoisotopic (exact) mass is 381 g/mol. The van der Waals surface area contributed by atoms with Crippen molar-refractivity contribution >= 4 is 23.1 Å². The average Bonchev–Trinajstić information content (AvgIpc) is 3.19. The molecule has 1 aliphatic heterocycles. The van der Waals surface area contributed by atoms with E-state index in [0.29, 0.717) is 11.9 Å². The van der Waals surface area contributed by atoms with Gasteiger partial charge in [-0.15, -0.1) is 0 Å². The van der Waals surface area contributed by atoms with Gasteiger partial charge in [0, 0.05) is 6.42 Å². The number of hydrogen-bond donors (Lipinski definition) is 3. The number of nitrogen functional groups attached to an aromatic ring is 1. The minimum atomic E-state index is -1.27. The van der Waals surface area contributed by atoms with Gasteiger partial charge < -0.3 is 30.2 Å². The van der Waals surface area contributed by atoms with E-state index in [9.17, 15) is 15.0 Å². The summed E-state index contributed by atoms with van der Waals surface area (Å²) in [6, 6.07) is 0. The molecule has 2 aromatic rings. The van der Waals surface area contributed by atoms with E-state index in [1.165, 1.54) is 18.0 Å². The van der Waals surface area contributed by atoms with Gasteiger partial charge in [-0.05, 0) is 6.42 Å². The number of esters is 1. The second kappa shape index (κ2) is 8.03. The molecule has 1 fully saturated rings. The van der Waals surface area contributed by atoms with Gasteiger partial charge in [-0.3, -0.25) is 9.36 Å². The molecule has 0 spiro atoms. The van der Waals surface area contributed by atoms with Crippen LogP contribution in [0.2, 0.25) is 0 Å². The van der Waals surface area contributed by atoms with E-state index < -0.39 is 24.5 Å². The third kappa shape index (κ3) is 3.80. The minimum absolute atomic E-state index is 0.0319. The highest BCUT2D eigenvalue weighted by Gasteiger charge is 2.45. The van der Waals surface area contributed by atoms with Crippen LogP contribution in [0.5, 0.6) is 5.88 Å². The number of nitrogens with two attached hydrogens (primary N) is 1. The van der Waals surface area contributed by atoms with Crippen molar-refractivity contribution in [3.63, 3.8) is 0 Å². The molecule has 0 saturated carbocycles. The molecule has 1 aliphatic rings. The first-order chi connectivity index (χ1) is 13.0. The minimum Gasteiger partial charge on any atom is -0.479 e. The molecule has 1 saturated heterocycles. The molecule has 3 rings (SSSR count). The fourth-order valence-corrected chi connectivity index (χ4v) is 2.90. The lowest BCUT2D eigenvalue weighted by Gasteiger charge is -2.16. The summed E-state index contributed by atoms with van der Waals surface area (Å²) >= 11 is 0. The summed E-state index contributed by atoms with van der Waals surface area (Å²) in [5.74, 6) is -0.217. The Labute approximate surface area is 155 Å². The first kappa shape index (κ1) is 19.3. The number of carbonyl (C=O) groups is 1. The Hall–Kier alpha value is -2.50. The van der Waals surface area contributed by atoms with E-state index in [-0.39, 0.29) is 30.1 Å². The third-order valence-electron chi connectivity index (χ3n) is 4.35. The van der Waals surface area contributed by atoms with E-state index in [4.69, 9.17) is 19.9 Å². The number of anilines is 1. The smallest absolute Gasteiger partial charge is 0.305 e. The summed E-state index contributed by atoms with van der Waals surface area (Å²) in [4.78, 5) is 23.9. The summed E-state index contributed by atoms with van der Waals surface area (Å²) < 4.78 is 17.4. The predicted octanol–water partition coefficient (Wildman–Crippen LogP) is -0.230. The molecule has 4 atom stereocenters. The van der Waals surface area contributed by atoms with Gasteiger partial charge in [-0.2, -0.15) is 9.97 Å². The standard InChI is InChI=1S/C16H23N5O6/c1-3-4-5-9(22)26-6-8-11(23)12(24)15(27-8)21-7-18-10-13(21)19-16(17)20-14(10)25-2/h7-8,11-12,15,23-24H,3-6H2,1-2H3,(H2,17,19,20)/t8-,11-,12+,15?/m1/s1. The van der Waals surface area contributed by atoms with Gasteiger partial charge >= 0.3 is 5.97 Å². The Morgan fingerprint density at radius 3 is 2.85 bits per heavy atom. The number of nitrogens with zero attached hydrogens (tertiary/aromatic N) is 4. The molecule has 0 amide bonds. The number of fused-ring (bicyclic) bond motifs is 1. The van der Waals surface area contributed by atoms with Crippen molar-refractivity contribution in [3.8, 4) is 5.88 Å². The third-order valence-corrected chi connectivity index (χ3v) is 4.35. The number of aliphatic hydroxyl groups is 2. The van der Waals surface area contributed by atoms with Crippen molar-refractivity contribution in [2.24, 2.45) is 0 Å².